The van der Waals surface area contributed by atoms with Crippen LogP contribution >= 0.6 is 0 Å². The molecule has 7 nitrogen and oxygen atoms in total. The zero-order valence-electron chi connectivity index (χ0n) is 13.4. The van der Waals surface area contributed by atoms with Gasteiger partial charge in [-0.2, -0.15) is 0 Å². The normalized spacial score (nSPS) is 10.8. The fourth-order valence-electron chi connectivity index (χ4n) is 2.16. The molecule has 24 heavy (non-hydrogen) atoms. The molecule has 0 aliphatic carbocycles. The molecule has 0 fully saturated rings. The first-order chi connectivity index (χ1) is 11.6. The van der Waals surface area contributed by atoms with Gasteiger partial charge in [-0.25, -0.2) is 0 Å². The van der Waals surface area contributed by atoms with Gasteiger partial charge in [0.05, 0.1) is 24.5 Å². The Bertz CT molecular complexity index is 856. The van der Waals surface area contributed by atoms with E-state index < -0.39 is 0 Å². The highest BCUT2D eigenvalue weighted by molar-refractivity contribution is 5.62. The second-order valence-corrected chi connectivity index (χ2v) is 5.49. The maximum atomic E-state index is 12.1. The molecule has 2 N–H and O–H groups in total. The molecule has 0 saturated carbocycles. The van der Waals surface area contributed by atoms with Gasteiger partial charge in [0, 0.05) is 0 Å². The molecule has 2 aromatic heterocycles. The van der Waals surface area contributed by atoms with Gasteiger partial charge in [0.15, 0.2) is 0 Å². The topological polar surface area (TPSA) is 93.0 Å². The second kappa shape index (κ2) is 6.99. The molecule has 124 valence electrons. The van der Waals surface area contributed by atoms with Crippen LogP contribution in [0.15, 0.2) is 51.9 Å². The number of para-hydroxylation sites is 2. The van der Waals surface area contributed by atoms with Crippen molar-refractivity contribution >= 4 is 11.6 Å². The molecule has 0 atom stereocenters. The molecular weight excluding hydrogens is 308 g/mol. The molecule has 7 heteroatoms. The summed E-state index contributed by atoms with van der Waals surface area (Å²) < 4.78 is 10.9. The van der Waals surface area contributed by atoms with E-state index in [-0.39, 0.29) is 17.6 Å². The van der Waals surface area contributed by atoms with Gasteiger partial charge in [0.1, 0.15) is 17.2 Å². The highest BCUT2D eigenvalue weighted by Crippen LogP contribution is 2.26. The van der Waals surface area contributed by atoms with Gasteiger partial charge in [0.2, 0.25) is 5.95 Å². The second-order valence-electron chi connectivity index (χ2n) is 5.49. The van der Waals surface area contributed by atoms with Crippen molar-refractivity contribution in [1.82, 2.24) is 15.2 Å². The van der Waals surface area contributed by atoms with E-state index in [4.69, 9.17) is 9.15 Å². The molecule has 0 radical (unpaired) electrons. The Balaban J connectivity index is 1.79. The number of rotatable bonds is 6. The minimum Gasteiger partial charge on any atom is -0.489 e. The predicted octanol–water partition coefficient (Wildman–Crippen LogP) is 2.88. The standard InChI is InChI=1S/C17H18N4O3/c1-11(2)24-15-8-4-3-7-13(15)18-17-19-16(22)14(20-21-17)10-12-6-5-9-23-12/h3-9,11H,10H2,1-2H3,(H2,18,19,21,22). The lowest BCUT2D eigenvalue weighted by Gasteiger charge is -2.14. The van der Waals surface area contributed by atoms with Crippen LogP contribution in [-0.4, -0.2) is 21.3 Å². The van der Waals surface area contributed by atoms with Crippen molar-refractivity contribution in [2.24, 2.45) is 0 Å². The number of ether oxygens (including phenoxy) is 1. The lowest BCUT2D eigenvalue weighted by atomic mass is 10.2. The van der Waals surface area contributed by atoms with Crippen molar-refractivity contribution in [3.8, 4) is 5.75 Å². The van der Waals surface area contributed by atoms with Crippen LogP contribution in [-0.2, 0) is 6.42 Å². The minimum absolute atomic E-state index is 0.0359. The molecule has 0 unspecified atom stereocenters. The van der Waals surface area contributed by atoms with Crippen molar-refractivity contribution in [3.63, 3.8) is 0 Å². The molecule has 0 saturated heterocycles. The lowest BCUT2D eigenvalue weighted by Crippen LogP contribution is -2.19. The number of benzene rings is 1. The summed E-state index contributed by atoms with van der Waals surface area (Å²) >= 11 is 0. The maximum Gasteiger partial charge on any atom is 0.274 e. The monoisotopic (exact) mass is 326 g/mol. The number of furan rings is 1. The third kappa shape index (κ3) is 3.81. The summed E-state index contributed by atoms with van der Waals surface area (Å²) in [6.45, 7) is 3.89. The van der Waals surface area contributed by atoms with Crippen LogP contribution in [0, 0.1) is 0 Å². The highest BCUT2D eigenvalue weighted by atomic mass is 16.5. The number of aromatic nitrogens is 3. The van der Waals surface area contributed by atoms with Gasteiger partial charge in [0.25, 0.3) is 5.56 Å². The van der Waals surface area contributed by atoms with Crippen molar-refractivity contribution < 1.29 is 9.15 Å². The van der Waals surface area contributed by atoms with E-state index in [0.29, 0.717) is 29.3 Å². The molecule has 3 rings (SSSR count). The number of anilines is 2. The molecule has 0 bridgehead atoms. The molecule has 2 heterocycles. The summed E-state index contributed by atoms with van der Waals surface area (Å²) in [6.07, 6.45) is 1.88. The number of nitrogens with zero attached hydrogens (tertiary/aromatic N) is 2. The smallest absolute Gasteiger partial charge is 0.274 e. The molecule has 0 spiro atoms. The quantitative estimate of drug-likeness (QED) is 0.723. The zero-order valence-corrected chi connectivity index (χ0v) is 13.4. The van der Waals surface area contributed by atoms with E-state index >= 15 is 0 Å². The third-order valence-corrected chi connectivity index (χ3v) is 3.19. The Hall–Kier alpha value is -3.09. The summed E-state index contributed by atoms with van der Waals surface area (Å²) in [4.78, 5) is 14.8. The lowest BCUT2D eigenvalue weighted by molar-refractivity contribution is 0.244. The SMILES string of the molecule is CC(C)Oc1ccccc1Nc1nnc(Cc2ccco2)c(=O)[nH]1. The Morgan fingerprint density at radius 1 is 1.21 bits per heavy atom. The number of hydrogen-bond donors (Lipinski definition) is 2. The Labute approximate surface area is 138 Å². The fourth-order valence-corrected chi connectivity index (χ4v) is 2.16. The minimum atomic E-state index is -0.314. The van der Waals surface area contributed by atoms with Crippen molar-refractivity contribution in [2.75, 3.05) is 5.32 Å². The van der Waals surface area contributed by atoms with Gasteiger partial charge in [-0.3, -0.25) is 9.78 Å². The first-order valence-corrected chi connectivity index (χ1v) is 7.63. The van der Waals surface area contributed by atoms with E-state index in [0.717, 1.165) is 0 Å². The molecule has 0 amide bonds. The molecule has 3 aromatic rings. The molecule has 1 aromatic carbocycles. The van der Waals surface area contributed by atoms with E-state index in [9.17, 15) is 4.79 Å². The van der Waals surface area contributed by atoms with Gasteiger partial charge in [-0.05, 0) is 38.1 Å². The van der Waals surface area contributed by atoms with Gasteiger partial charge in [-0.1, -0.05) is 12.1 Å². The molecular formula is C17H18N4O3. The van der Waals surface area contributed by atoms with Crippen LogP contribution in [0.25, 0.3) is 0 Å². The van der Waals surface area contributed by atoms with Gasteiger partial charge in [-0.15, -0.1) is 10.2 Å². The maximum absolute atomic E-state index is 12.1. The van der Waals surface area contributed by atoms with Crippen LogP contribution in [0.2, 0.25) is 0 Å². The van der Waals surface area contributed by atoms with Crippen molar-refractivity contribution in [2.45, 2.75) is 26.4 Å². The Kier molecular flexibility index (Phi) is 4.60. The highest BCUT2D eigenvalue weighted by Gasteiger charge is 2.10. The summed E-state index contributed by atoms with van der Waals surface area (Å²) in [5.41, 5.74) is 0.684. The van der Waals surface area contributed by atoms with Crippen LogP contribution in [0.5, 0.6) is 5.75 Å². The predicted molar refractivity (Wildman–Crippen MR) is 89.7 cm³/mol. The summed E-state index contributed by atoms with van der Waals surface area (Å²) in [7, 11) is 0. The van der Waals surface area contributed by atoms with Crippen LogP contribution in [0.3, 0.4) is 0 Å². The van der Waals surface area contributed by atoms with E-state index in [1.807, 2.05) is 38.1 Å². The van der Waals surface area contributed by atoms with Crippen molar-refractivity contribution in [1.29, 1.82) is 0 Å². The van der Waals surface area contributed by atoms with E-state index in [1.165, 1.54) is 0 Å². The molecule has 0 aliphatic rings. The van der Waals surface area contributed by atoms with Crippen LogP contribution < -0.4 is 15.6 Å². The van der Waals surface area contributed by atoms with E-state index in [2.05, 4.69) is 20.5 Å². The average molecular weight is 326 g/mol. The number of aromatic amines is 1. The van der Waals surface area contributed by atoms with Crippen LogP contribution in [0.1, 0.15) is 25.3 Å². The first kappa shape index (κ1) is 15.8. The summed E-state index contributed by atoms with van der Waals surface area (Å²) in [5.74, 6) is 1.59. The van der Waals surface area contributed by atoms with Crippen molar-refractivity contribution in [3.05, 3.63) is 64.5 Å². The number of nitrogens with one attached hydrogen (secondary N) is 2. The molecule has 0 aliphatic heterocycles. The average Bonchev–Trinajstić information content (AvgIpc) is 3.04. The van der Waals surface area contributed by atoms with Gasteiger partial charge < -0.3 is 14.5 Å². The third-order valence-electron chi connectivity index (χ3n) is 3.19. The fraction of sp³-hybridized carbons (Fsp3) is 0.235. The Morgan fingerprint density at radius 2 is 2.04 bits per heavy atom. The summed E-state index contributed by atoms with van der Waals surface area (Å²) in [6, 6.07) is 11.0. The first-order valence-electron chi connectivity index (χ1n) is 7.63. The largest absolute Gasteiger partial charge is 0.489 e. The summed E-state index contributed by atoms with van der Waals surface area (Å²) in [5, 5.41) is 11.0. The number of H-pyrrole nitrogens is 1. The Morgan fingerprint density at radius 3 is 2.75 bits per heavy atom. The van der Waals surface area contributed by atoms with Crippen LogP contribution in [0.4, 0.5) is 11.6 Å². The van der Waals surface area contributed by atoms with Gasteiger partial charge >= 0.3 is 0 Å². The zero-order chi connectivity index (χ0) is 16.9. The van der Waals surface area contributed by atoms with E-state index in [1.54, 1.807) is 18.4 Å². The number of hydrogen-bond acceptors (Lipinski definition) is 6.